The molecule has 0 aromatic carbocycles. The van der Waals surface area contributed by atoms with Crippen molar-refractivity contribution in [2.24, 2.45) is 0 Å². The lowest BCUT2D eigenvalue weighted by Crippen LogP contribution is -2.13. The molecule has 0 amide bonds. The lowest BCUT2D eigenvalue weighted by molar-refractivity contribution is 0.0513. The van der Waals surface area contributed by atoms with Gasteiger partial charge in [0, 0.05) is 6.61 Å². The van der Waals surface area contributed by atoms with E-state index in [1.165, 1.54) is 0 Å². The smallest absolute Gasteiger partial charge is 0.0769 e. The monoisotopic (exact) mass is 126 g/mol. The highest BCUT2D eigenvalue weighted by atomic mass is 16.5. The summed E-state index contributed by atoms with van der Waals surface area (Å²) in [5.41, 5.74) is 0. The van der Waals surface area contributed by atoms with Crippen molar-refractivity contribution < 1.29 is 9.84 Å². The molecule has 0 aromatic rings. The zero-order chi connectivity index (χ0) is 6.69. The van der Waals surface area contributed by atoms with Gasteiger partial charge < -0.3 is 9.84 Å². The molecule has 2 nitrogen and oxygen atoms in total. The topological polar surface area (TPSA) is 29.5 Å². The van der Waals surface area contributed by atoms with Gasteiger partial charge in [-0.15, -0.1) is 0 Å². The van der Waals surface area contributed by atoms with Gasteiger partial charge in [-0.3, -0.25) is 0 Å². The number of hydrogen-bond donors (Lipinski definition) is 1. The zero-order valence-corrected chi connectivity index (χ0v) is 5.42. The predicted molar refractivity (Wildman–Crippen MR) is 35.6 cm³/mol. The number of aliphatic hydroxyl groups is 1. The first-order valence-corrected chi connectivity index (χ1v) is 3.30. The molecule has 1 heterocycles. The van der Waals surface area contributed by atoms with E-state index in [1.54, 1.807) is 0 Å². The van der Waals surface area contributed by atoms with Crippen LogP contribution in [0.5, 0.6) is 0 Å². The van der Waals surface area contributed by atoms with Crippen LogP contribution in [0.15, 0.2) is 0 Å². The van der Waals surface area contributed by atoms with Crippen LogP contribution in [-0.2, 0) is 4.74 Å². The third kappa shape index (κ3) is 2.37. The van der Waals surface area contributed by atoms with E-state index in [4.69, 9.17) is 17.7 Å². The van der Waals surface area contributed by atoms with E-state index in [-0.39, 0.29) is 11.9 Å². The molecule has 0 bridgehead atoms. The molecule has 1 fully saturated rings. The summed E-state index contributed by atoms with van der Waals surface area (Å²) in [7, 11) is 5.59. The van der Waals surface area contributed by atoms with Crippen LogP contribution in [0.3, 0.4) is 0 Å². The summed E-state index contributed by atoms with van der Waals surface area (Å²) in [5, 5.41) is 9.05. The first-order valence-electron chi connectivity index (χ1n) is 3.30. The minimum atomic E-state index is -0.345. The Bertz CT molecular complexity index is 77.1. The molecule has 0 spiro atoms. The van der Waals surface area contributed by atoms with Crippen molar-refractivity contribution in [1.29, 1.82) is 0 Å². The van der Waals surface area contributed by atoms with Crippen LogP contribution in [0.4, 0.5) is 0 Å². The third-order valence-corrected chi connectivity index (χ3v) is 1.52. The van der Waals surface area contributed by atoms with Crippen LogP contribution in [-0.4, -0.2) is 32.3 Å². The van der Waals surface area contributed by atoms with E-state index in [2.05, 4.69) is 0 Å². The summed E-state index contributed by atoms with van der Waals surface area (Å²) in [5.74, 6) is 0.127. The maximum atomic E-state index is 9.05. The van der Waals surface area contributed by atoms with Gasteiger partial charge in [0.25, 0.3) is 0 Å². The number of aliphatic hydroxyl groups excluding tert-OH is 1. The first kappa shape index (κ1) is 7.10. The third-order valence-electron chi connectivity index (χ3n) is 1.52. The molecule has 2 unspecified atom stereocenters. The summed E-state index contributed by atoms with van der Waals surface area (Å²) >= 11 is 0. The molecule has 0 saturated carbocycles. The van der Waals surface area contributed by atoms with Gasteiger partial charge in [-0.1, -0.05) is 5.82 Å². The summed E-state index contributed by atoms with van der Waals surface area (Å²) in [4.78, 5) is 0. The second-order valence-electron chi connectivity index (χ2n) is 2.51. The fourth-order valence-corrected chi connectivity index (χ4v) is 0.989. The van der Waals surface area contributed by atoms with Gasteiger partial charge >= 0.3 is 0 Å². The SMILES string of the molecule is [B]C1CCOCC(O)C1. The van der Waals surface area contributed by atoms with Gasteiger partial charge in [0.1, 0.15) is 0 Å². The molecule has 0 aromatic heterocycles. The molecule has 1 rings (SSSR count). The Balaban J connectivity index is 2.29. The highest BCUT2D eigenvalue weighted by molar-refractivity contribution is 6.11. The quantitative estimate of drug-likeness (QED) is 0.467. The Morgan fingerprint density at radius 2 is 2.33 bits per heavy atom. The molecule has 2 radical (unpaired) electrons. The molecular formula is C6H11BO2. The van der Waals surface area contributed by atoms with Gasteiger partial charge in [0.2, 0.25) is 0 Å². The average Bonchev–Trinajstić information content (AvgIpc) is 1.93. The summed E-state index contributed by atoms with van der Waals surface area (Å²) in [6, 6.07) is 0. The van der Waals surface area contributed by atoms with Crippen LogP contribution >= 0.6 is 0 Å². The molecule has 9 heavy (non-hydrogen) atoms. The van der Waals surface area contributed by atoms with Crippen molar-refractivity contribution in [2.45, 2.75) is 24.8 Å². The number of hydrogen-bond acceptors (Lipinski definition) is 2. The van der Waals surface area contributed by atoms with Gasteiger partial charge in [0.15, 0.2) is 0 Å². The van der Waals surface area contributed by atoms with E-state index in [1.807, 2.05) is 0 Å². The van der Waals surface area contributed by atoms with Crippen LogP contribution in [0.1, 0.15) is 12.8 Å². The summed E-state index contributed by atoms with van der Waals surface area (Å²) in [6.07, 6.45) is 1.21. The van der Waals surface area contributed by atoms with Crippen LogP contribution in [0.2, 0.25) is 5.82 Å². The Kier molecular flexibility index (Phi) is 2.55. The largest absolute Gasteiger partial charge is 0.391 e. The van der Waals surface area contributed by atoms with Crippen molar-refractivity contribution in [3.8, 4) is 0 Å². The van der Waals surface area contributed by atoms with Crippen molar-refractivity contribution in [1.82, 2.24) is 0 Å². The number of ether oxygens (including phenoxy) is 1. The molecule has 0 aliphatic carbocycles. The van der Waals surface area contributed by atoms with Crippen molar-refractivity contribution >= 4 is 7.85 Å². The van der Waals surface area contributed by atoms with Gasteiger partial charge in [-0.25, -0.2) is 0 Å². The van der Waals surface area contributed by atoms with Crippen molar-refractivity contribution in [3.63, 3.8) is 0 Å². The zero-order valence-electron chi connectivity index (χ0n) is 5.42. The summed E-state index contributed by atoms with van der Waals surface area (Å²) in [6.45, 7) is 1.14. The van der Waals surface area contributed by atoms with Crippen molar-refractivity contribution in [3.05, 3.63) is 0 Å². The van der Waals surface area contributed by atoms with Crippen LogP contribution < -0.4 is 0 Å². The molecule has 1 saturated heterocycles. The number of rotatable bonds is 0. The van der Waals surface area contributed by atoms with Crippen LogP contribution in [0.25, 0.3) is 0 Å². The highest BCUT2D eigenvalue weighted by Gasteiger charge is 2.13. The van der Waals surface area contributed by atoms with E-state index in [9.17, 15) is 0 Å². The van der Waals surface area contributed by atoms with E-state index in [0.29, 0.717) is 19.6 Å². The molecule has 1 aliphatic heterocycles. The van der Waals surface area contributed by atoms with E-state index < -0.39 is 0 Å². The Hall–Kier alpha value is -0.0151. The molecule has 2 atom stereocenters. The Morgan fingerprint density at radius 1 is 1.56 bits per heavy atom. The molecule has 3 heteroatoms. The van der Waals surface area contributed by atoms with Crippen molar-refractivity contribution in [2.75, 3.05) is 13.2 Å². The lowest BCUT2D eigenvalue weighted by atomic mass is 9.81. The Labute approximate surface area is 56.6 Å². The fraction of sp³-hybridized carbons (Fsp3) is 1.00. The normalized spacial score (nSPS) is 37.9. The molecule has 50 valence electrons. The maximum absolute atomic E-state index is 9.05. The predicted octanol–water partition coefficient (Wildman–Crippen LogP) is 0.115. The van der Waals surface area contributed by atoms with Crippen LogP contribution in [0, 0.1) is 0 Å². The van der Waals surface area contributed by atoms with Gasteiger partial charge in [-0.05, 0) is 12.8 Å². The average molecular weight is 126 g/mol. The fourth-order valence-electron chi connectivity index (χ4n) is 0.989. The minimum Gasteiger partial charge on any atom is -0.391 e. The summed E-state index contributed by atoms with van der Waals surface area (Å²) < 4.78 is 5.05. The Morgan fingerprint density at radius 3 is 3.11 bits per heavy atom. The highest BCUT2D eigenvalue weighted by Crippen LogP contribution is 2.17. The first-order chi connectivity index (χ1) is 4.29. The molecular weight excluding hydrogens is 115 g/mol. The minimum absolute atomic E-state index is 0.127. The van der Waals surface area contributed by atoms with Gasteiger partial charge in [0.05, 0.1) is 20.6 Å². The van der Waals surface area contributed by atoms with Gasteiger partial charge in [-0.2, -0.15) is 0 Å². The van der Waals surface area contributed by atoms with E-state index in [0.717, 1.165) is 6.42 Å². The van der Waals surface area contributed by atoms with E-state index >= 15 is 0 Å². The second-order valence-corrected chi connectivity index (χ2v) is 2.51. The lowest BCUT2D eigenvalue weighted by Gasteiger charge is -2.08. The second kappa shape index (κ2) is 3.23. The molecule has 1 aliphatic rings. The maximum Gasteiger partial charge on any atom is 0.0769 e. The standard InChI is InChI=1S/C6H11BO2/c7-5-1-2-9-4-6(8)3-5/h5-6,8H,1-4H2. The molecule has 1 N–H and O–H groups in total.